The van der Waals surface area contributed by atoms with Gasteiger partial charge in [-0.25, -0.2) is 0 Å². The van der Waals surface area contributed by atoms with Crippen molar-refractivity contribution >= 4 is 5.91 Å². The molecule has 0 aromatic carbocycles. The first-order valence-electron chi connectivity index (χ1n) is 32.1. The molecule has 5 nitrogen and oxygen atoms in total. The molecule has 72 heavy (non-hydrogen) atoms. The van der Waals surface area contributed by atoms with Crippen molar-refractivity contribution in [1.29, 1.82) is 0 Å². The number of unbranched alkanes of at least 4 members (excludes halogenated alkanes) is 43. The van der Waals surface area contributed by atoms with Crippen LogP contribution in [-0.4, -0.2) is 46.1 Å². The SMILES string of the molecule is CCCCCCCCCCCCCC/C=C/CC/C=C/CC/C=C/C(O)C(CO)NC(=O)C(O)CCCCCCCCCCCCCCCCCC/C=C\C/C=C\CCCCCCCCCCCCCCC. The van der Waals surface area contributed by atoms with E-state index in [1.807, 2.05) is 6.08 Å². The van der Waals surface area contributed by atoms with Crippen molar-refractivity contribution < 1.29 is 20.1 Å². The number of carbonyl (C=O) groups excluding carboxylic acids is 1. The maximum absolute atomic E-state index is 12.6. The van der Waals surface area contributed by atoms with Gasteiger partial charge in [0.05, 0.1) is 18.8 Å². The lowest BCUT2D eigenvalue weighted by Crippen LogP contribution is -2.48. The third kappa shape index (κ3) is 55.8. The molecule has 422 valence electrons. The molecule has 0 aliphatic rings. The van der Waals surface area contributed by atoms with Gasteiger partial charge in [-0.2, -0.15) is 0 Å². The van der Waals surface area contributed by atoms with Crippen molar-refractivity contribution in [2.45, 2.75) is 353 Å². The van der Waals surface area contributed by atoms with Crippen LogP contribution < -0.4 is 5.32 Å². The molecule has 0 fully saturated rings. The molecule has 1 amide bonds. The van der Waals surface area contributed by atoms with E-state index in [2.05, 4.69) is 67.8 Å². The fraction of sp³-hybridized carbons (Fsp3) is 0.836. The summed E-state index contributed by atoms with van der Waals surface area (Å²) in [5, 5.41) is 33.4. The number of allylic oxidation sites excluding steroid dienone is 9. The predicted octanol–water partition coefficient (Wildman–Crippen LogP) is 20.5. The summed E-state index contributed by atoms with van der Waals surface area (Å²) >= 11 is 0. The molecule has 0 saturated heterocycles. The highest BCUT2D eigenvalue weighted by atomic mass is 16.3. The Morgan fingerprint density at radius 2 is 0.611 bits per heavy atom. The van der Waals surface area contributed by atoms with Gasteiger partial charge in [0.15, 0.2) is 0 Å². The van der Waals surface area contributed by atoms with E-state index in [0.29, 0.717) is 6.42 Å². The van der Waals surface area contributed by atoms with Crippen LogP contribution in [0.25, 0.3) is 0 Å². The Kier molecular flexibility index (Phi) is 59.9. The van der Waals surface area contributed by atoms with E-state index in [-0.39, 0.29) is 6.61 Å². The van der Waals surface area contributed by atoms with E-state index < -0.39 is 24.2 Å². The Bertz CT molecular complexity index is 1210. The number of aliphatic hydroxyl groups excluding tert-OH is 3. The number of amides is 1. The van der Waals surface area contributed by atoms with Gasteiger partial charge in [-0.05, 0) is 77.0 Å². The second-order valence-electron chi connectivity index (χ2n) is 22.0. The molecule has 0 bridgehead atoms. The molecule has 5 heteroatoms. The Hall–Kier alpha value is -1.95. The van der Waals surface area contributed by atoms with Gasteiger partial charge in [-0.1, -0.05) is 319 Å². The maximum atomic E-state index is 12.6. The van der Waals surface area contributed by atoms with Crippen molar-refractivity contribution in [1.82, 2.24) is 5.32 Å². The molecule has 0 aromatic heterocycles. The van der Waals surface area contributed by atoms with Crippen LogP contribution in [0.5, 0.6) is 0 Å². The summed E-state index contributed by atoms with van der Waals surface area (Å²) in [7, 11) is 0. The van der Waals surface area contributed by atoms with E-state index >= 15 is 0 Å². The minimum absolute atomic E-state index is 0.382. The maximum Gasteiger partial charge on any atom is 0.249 e. The molecule has 0 radical (unpaired) electrons. The van der Waals surface area contributed by atoms with Gasteiger partial charge in [0.1, 0.15) is 6.10 Å². The zero-order chi connectivity index (χ0) is 52.2. The monoisotopic (exact) mass is 1010 g/mol. The van der Waals surface area contributed by atoms with E-state index in [0.717, 1.165) is 51.4 Å². The summed E-state index contributed by atoms with van der Waals surface area (Å²) in [5.41, 5.74) is 0. The number of rotatable bonds is 59. The smallest absolute Gasteiger partial charge is 0.249 e. The van der Waals surface area contributed by atoms with Crippen molar-refractivity contribution in [3.05, 3.63) is 60.8 Å². The first kappa shape index (κ1) is 70.1. The van der Waals surface area contributed by atoms with Crippen LogP contribution >= 0.6 is 0 Å². The Morgan fingerprint density at radius 3 is 0.931 bits per heavy atom. The molecule has 4 N–H and O–H groups in total. The van der Waals surface area contributed by atoms with Gasteiger partial charge < -0.3 is 20.6 Å². The highest BCUT2D eigenvalue weighted by Gasteiger charge is 2.22. The molecule has 3 atom stereocenters. The number of nitrogens with one attached hydrogen (secondary N) is 1. The van der Waals surface area contributed by atoms with Crippen LogP contribution in [0.15, 0.2) is 60.8 Å². The molecule has 0 rings (SSSR count). The largest absolute Gasteiger partial charge is 0.394 e. The van der Waals surface area contributed by atoms with Crippen molar-refractivity contribution in [3.8, 4) is 0 Å². The quantitative estimate of drug-likeness (QED) is 0.0361. The molecule has 0 spiro atoms. The standard InChI is InChI=1S/C67H125NO4/c1-3-5-7-9-11-13-15-17-19-21-23-25-27-28-29-30-31-32-33-34-35-36-37-38-39-40-42-44-46-48-50-52-54-56-58-60-62-66(71)67(72)68-64(63-69)65(70)61-59-57-55-53-51-49-47-45-43-41-26-24-22-20-18-16-14-12-10-8-6-4-2/h29-30,32-33,43,45,51,53,59,61,64-66,69-71H,3-28,31,34-42,44,46-50,52,54-58,60,62-63H2,1-2H3,(H,68,72)/b30-29-,33-32-,45-43+,53-51+,61-59+. The predicted molar refractivity (Wildman–Crippen MR) is 319 cm³/mol. The van der Waals surface area contributed by atoms with Gasteiger partial charge in [-0.3, -0.25) is 4.79 Å². The minimum atomic E-state index is -1.11. The Morgan fingerprint density at radius 1 is 0.347 bits per heavy atom. The number of aliphatic hydroxyl groups is 3. The van der Waals surface area contributed by atoms with Crippen molar-refractivity contribution in [3.63, 3.8) is 0 Å². The molecule has 3 unspecified atom stereocenters. The topological polar surface area (TPSA) is 89.8 Å². The van der Waals surface area contributed by atoms with Crippen LogP contribution in [0.2, 0.25) is 0 Å². The first-order chi connectivity index (χ1) is 35.6. The summed E-state index contributed by atoms with van der Waals surface area (Å²) in [5.74, 6) is -0.514. The average molecular weight is 1010 g/mol. The summed E-state index contributed by atoms with van der Waals surface area (Å²) in [6.07, 6.45) is 84.8. The minimum Gasteiger partial charge on any atom is -0.394 e. The third-order valence-corrected chi connectivity index (χ3v) is 14.8. The Balaban J connectivity index is 3.57. The molecular weight excluding hydrogens is 883 g/mol. The fourth-order valence-electron chi connectivity index (χ4n) is 9.84. The molecule has 0 saturated carbocycles. The lowest BCUT2D eigenvalue weighted by atomic mass is 10.0. The van der Waals surface area contributed by atoms with Gasteiger partial charge in [-0.15, -0.1) is 0 Å². The zero-order valence-electron chi connectivity index (χ0n) is 48.3. The van der Waals surface area contributed by atoms with Crippen LogP contribution in [-0.2, 0) is 4.79 Å². The molecule has 0 aliphatic heterocycles. The van der Waals surface area contributed by atoms with E-state index in [9.17, 15) is 20.1 Å². The molecule has 0 heterocycles. The van der Waals surface area contributed by atoms with Gasteiger partial charge in [0.2, 0.25) is 5.91 Å². The summed E-state index contributed by atoms with van der Waals surface area (Å²) in [6.45, 7) is 4.20. The summed E-state index contributed by atoms with van der Waals surface area (Å²) in [6, 6.07) is -0.824. The molecular formula is C67H125NO4. The van der Waals surface area contributed by atoms with Crippen LogP contribution in [0, 0.1) is 0 Å². The van der Waals surface area contributed by atoms with Crippen molar-refractivity contribution in [2.75, 3.05) is 6.61 Å². The highest BCUT2D eigenvalue weighted by molar-refractivity contribution is 5.80. The van der Waals surface area contributed by atoms with Crippen LogP contribution in [0.1, 0.15) is 335 Å². The number of hydrogen-bond donors (Lipinski definition) is 4. The van der Waals surface area contributed by atoms with E-state index in [1.54, 1.807) is 6.08 Å². The highest BCUT2D eigenvalue weighted by Crippen LogP contribution is 2.17. The van der Waals surface area contributed by atoms with Crippen LogP contribution in [0.3, 0.4) is 0 Å². The lowest BCUT2D eigenvalue weighted by molar-refractivity contribution is -0.131. The number of hydrogen-bond acceptors (Lipinski definition) is 4. The average Bonchev–Trinajstić information content (AvgIpc) is 3.39. The number of carbonyl (C=O) groups is 1. The second-order valence-corrected chi connectivity index (χ2v) is 22.0. The zero-order valence-corrected chi connectivity index (χ0v) is 48.3. The van der Waals surface area contributed by atoms with E-state index in [1.165, 1.54) is 263 Å². The third-order valence-electron chi connectivity index (χ3n) is 14.8. The van der Waals surface area contributed by atoms with Crippen molar-refractivity contribution in [2.24, 2.45) is 0 Å². The molecule has 0 aliphatic carbocycles. The van der Waals surface area contributed by atoms with Gasteiger partial charge in [0, 0.05) is 0 Å². The van der Waals surface area contributed by atoms with Gasteiger partial charge >= 0.3 is 0 Å². The normalized spacial score (nSPS) is 13.6. The summed E-state index contributed by atoms with van der Waals surface area (Å²) < 4.78 is 0. The summed E-state index contributed by atoms with van der Waals surface area (Å²) in [4.78, 5) is 12.6. The lowest BCUT2D eigenvalue weighted by Gasteiger charge is -2.21. The molecule has 0 aromatic rings. The van der Waals surface area contributed by atoms with E-state index in [4.69, 9.17) is 0 Å². The fourth-order valence-corrected chi connectivity index (χ4v) is 9.84. The van der Waals surface area contributed by atoms with Gasteiger partial charge in [0.25, 0.3) is 0 Å². The first-order valence-corrected chi connectivity index (χ1v) is 32.1. The van der Waals surface area contributed by atoms with Crippen LogP contribution in [0.4, 0.5) is 0 Å². The second kappa shape index (κ2) is 61.6. The Labute approximate surface area is 449 Å².